The second-order valence-electron chi connectivity index (χ2n) is 6.99. The van der Waals surface area contributed by atoms with Crippen LogP contribution in [-0.2, 0) is 11.2 Å². The lowest BCUT2D eigenvalue weighted by atomic mass is 10.0. The van der Waals surface area contributed by atoms with Crippen molar-refractivity contribution in [1.82, 2.24) is 14.7 Å². The van der Waals surface area contributed by atoms with Crippen LogP contribution in [-0.4, -0.2) is 33.7 Å². The number of rotatable bonds is 4. The minimum Gasteiger partial charge on any atom is -0.342 e. The zero-order chi connectivity index (χ0) is 19.5. The summed E-state index contributed by atoms with van der Waals surface area (Å²) in [6.07, 6.45) is 3.55. The average Bonchev–Trinajstić information content (AvgIpc) is 3.06. The number of aromatic nitrogens is 2. The summed E-state index contributed by atoms with van der Waals surface area (Å²) in [5, 5.41) is 5.88. The quantitative estimate of drug-likeness (QED) is 0.573. The van der Waals surface area contributed by atoms with E-state index >= 15 is 0 Å². The molecule has 144 valence electrons. The van der Waals surface area contributed by atoms with Gasteiger partial charge in [0.1, 0.15) is 5.15 Å². The van der Waals surface area contributed by atoms with Gasteiger partial charge < -0.3 is 4.90 Å². The minimum atomic E-state index is 0.101. The summed E-state index contributed by atoms with van der Waals surface area (Å²) in [5.41, 5.74) is 3.22. The third kappa shape index (κ3) is 3.94. The largest absolute Gasteiger partial charge is 0.342 e. The number of halogens is 2. The van der Waals surface area contributed by atoms with Gasteiger partial charge in [-0.25, -0.2) is 4.68 Å². The van der Waals surface area contributed by atoms with Crippen LogP contribution in [0.3, 0.4) is 0 Å². The van der Waals surface area contributed by atoms with E-state index in [9.17, 15) is 4.79 Å². The molecule has 2 aromatic carbocycles. The van der Waals surface area contributed by atoms with Crippen molar-refractivity contribution in [3.05, 3.63) is 70.3 Å². The molecule has 0 spiro atoms. The molecule has 1 saturated heterocycles. The van der Waals surface area contributed by atoms with Crippen molar-refractivity contribution < 1.29 is 4.79 Å². The lowest BCUT2D eigenvalue weighted by Gasteiger charge is -2.26. The number of piperidine rings is 1. The lowest BCUT2D eigenvalue weighted by Crippen LogP contribution is -2.36. The van der Waals surface area contributed by atoms with Gasteiger partial charge in [-0.15, -0.1) is 0 Å². The number of carbonyl (C=O) groups is 1. The number of nitrogens with zero attached hydrogens (tertiary/aromatic N) is 3. The van der Waals surface area contributed by atoms with Crippen LogP contribution in [0, 0.1) is 0 Å². The maximum atomic E-state index is 12.9. The van der Waals surface area contributed by atoms with E-state index in [4.69, 9.17) is 28.3 Å². The summed E-state index contributed by atoms with van der Waals surface area (Å²) in [5.74, 6) is 0.101. The van der Waals surface area contributed by atoms with Crippen LogP contribution >= 0.6 is 23.2 Å². The van der Waals surface area contributed by atoms with Gasteiger partial charge >= 0.3 is 0 Å². The van der Waals surface area contributed by atoms with Crippen molar-refractivity contribution in [2.24, 2.45) is 0 Å². The highest BCUT2D eigenvalue weighted by Crippen LogP contribution is 2.32. The van der Waals surface area contributed by atoms with Gasteiger partial charge in [-0.05, 0) is 43.5 Å². The van der Waals surface area contributed by atoms with Gasteiger partial charge in [-0.1, -0.05) is 53.5 Å². The molecule has 4 nitrogen and oxygen atoms in total. The first kappa shape index (κ1) is 19.0. The molecule has 0 bridgehead atoms. The van der Waals surface area contributed by atoms with Crippen LogP contribution in [0.4, 0.5) is 0 Å². The Balaban J connectivity index is 1.75. The number of hydrogen-bond acceptors (Lipinski definition) is 2. The smallest absolute Gasteiger partial charge is 0.227 e. The van der Waals surface area contributed by atoms with E-state index < -0.39 is 0 Å². The summed E-state index contributed by atoms with van der Waals surface area (Å²) in [4.78, 5) is 14.8. The van der Waals surface area contributed by atoms with Crippen molar-refractivity contribution in [1.29, 1.82) is 0 Å². The predicted octanol–water partition coefficient (Wildman–Crippen LogP) is 5.40. The fourth-order valence-electron chi connectivity index (χ4n) is 3.57. The Kier molecular flexibility index (Phi) is 5.69. The van der Waals surface area contributed by atoms with Gasteiger partial charge in [-0.3, -0.25) is 4.79 Å². The molecule has 0 N–H and O–H groups in total. The molecule has 1 aliphatic rings. The Morgan fingerprint density at radius 2 is 1.61 bits per heavy atom. The number of amides is 1. The normalized spacial score (nSPS) is 14.3. The first-order chi connectivity index (χ1) is 13.6. The Bertz CT molecular complexity index is 961. The van der Waals surface area contributed by atoms with Crippen LogP contribution in [0.1, 0.15) is 24.8 Å². The zero-order valence-corrected chi connectivity index (χ0v) is 17.0. The molecular weight excluding hydrogens is 393 g/mol. The van der Waals surface area contributed by atoms with E-state index in [1.165, 1.54) is 6.42 Å². The zero-order valence-electron chi connectivity index (χ0n) is 15.4. The maximum absolute atomic E-state index is 12.9. The topological polar surface area (TPSA) is 38.1 Å². The number of para-hydroxylation sites is 1. The van der Waals surface area contributed by atoms with Crippen molar-refractivity contribution in [3.63, 3.8) is 0 Å². The summed E-state index contributed by atoms with van der Waals surface area (Å²) >= 11 is 12.8. The fraction of sp³-hybridized carbons (Fsp3) is 0.273. The fourth-order valence-corrected chi connectivity index (χ4v) is 3.99. The molecule has 1 aromatic heterocycles. The lowest BCUT2D eigenvalue weighted by molar-refractivity contribution is -0.131. The van der Waals surface area contributed by atoms with Crippen LogP contribution in [0.25, 0.3) is 16.9 Å². The Morgan fingerprint density at radius 3 is 2.29 bits per heavy atom. The van der Waals surface area contributed by atoms with Gasteiger partial charge in [-0.2, -0.15) is 5.10 Å². The number of hydrogen-bond donors (Lipinski definition) is 0. The first-order valence-corrected chi connectivity index (χ1v) is 10.3. The van der Waals surface area contributed by atoms with E-state index in [-0.39, 0.29) is 12.3 Å². The number of carbonyl (C=O) groups excluding carboxylic acids is 1. The molecule has 28 heavy (non-hydrogen) atoms. The molecule has 0 aliphatic carbocycles. The Morgan fingerprint density at radius 1 is 0.929 bits per heavy atom. The summed E-state index contributed by atoms with van der Waals surface area (Å²) in [6, 6.07) is 17.2. The maximum Gasteiger partial charge on any atom is 0.227 e. The summed E-state index contributed by atoms with van der Waals surface area (Å²) < 4.78 is 1.70. The van der Waals surface area contributed by atoms with Crippen molar-refractivity contribution in [2.75, 3.05) is 13.1 Å². The summed E-state index contributed by atoms with van der Waals surface area (Å²) in [7, 11) is 0. The van der Waals surface area contributed by atoms with Crippen LogP contribution in [0.2, 0.25) is 10.2 Å². The Hall–Kier alpha value is -2.30. The molecule has 0 atom stereocenters. The second-order valence-corrected chi connectivity index (χ2v) is 7.78. The highest BCUT2D eigenvalue weighted by molar-refractivity contribution is 6.31. The monoisotopic (exact) mass is 413 g/mol. The van der Waals surface area contributed by atoms with Crippen LogP contribution in [0.15, 0.2) is 54.6 Å². The molecule has 1 fully saturated rings. The molecule has 2 heterocycles. The van der Waals surface area contributed by atoms with Gasteiger partial charge in [0.25, 0.3) is 0 Å². The van der Waals surface area contributed by atoms with E-state index in [0.29, 0.717) is 10.2 Å². The third-order valence-corrected chi connectivity index (χ3v) is 5.72. The van der Waals surface area contributed by atoms with Crippen LogP contribution < -0.4 is 0 Å². The summed E-state index contributed by atoms with van der Waals surface area (Å²) in [6.45, 7) is 1.64. The van der Waals surface area contributed by atoms with E-state index in [2.05, 4.69) is 0 Å². The van der Waals surface area contributed by atoms with Crippen molar-refractivity contribution in [3.8, 4) is 16.9 Å². The SMILES string of the molecule is O=C(Cc1c(-c2ccc(Cl)cc2)nn(-c2ccccc2)c1Cl)N1CCCCC1. The highest BCUT2D eigenvalue weighted by Gasteiger charge is 2.24. The average molecular weight is 414 g/mol. The number of likely N-dealkylation sites (tertiary alicyclic amines) is 1. The molecule has 1 aliphatic heterocycles. The van der Waals surface area contributed by atoms with Gasteiger partial charge in [0.05, 0.1) is 17.8 Å². The molecule has 3 aromatic rings. The minimum absolute atomic E-state index is 0.101. The second kappa shape index (κ2) is 8.38. The van der Waals surface area contributed by atoms with Gasteiger partial charge in [0.2, 0.25) is 5.91 Å². The highest BCUT2D eigenvalue weighted by atomic mass is 35.5. The molecule has 1 amide bonds. The number of benzene rings is 2. The van der Waals surface area contributed by atoms with Crippen molar-refractivity contribution in [2.45, 2.75) is 25.7 Å². The Labute approximate surface area is 174 Å². The van der Waals surface area contributed by atoms with Gasteiger partial charge in [0, 0.05) is 29.2 Å². The molecule has 4 rings (SSSR count). The van der Waals surface area contributed by atoms with E-state index in [0.717, 1.165) is 48.4 Å². The van der Waals surface area contributed by atoms with E-state index in [1.807, 2.05) is 59.5 Å². The third-order valence-electron chi connectivity index (χ3n) is 5.08. The van der Waals surface area contributed by atoms with Gasteiger partial charge in [0.15, 0.2) is 0 Å². The molecule has 6 heteroatoms. The van der Waals surface area contributed by atoms with E-state index in [1.54, 1.807) is 4.68 Å². The van der Waals surface area contributed by atoms with Crippen molar-refractivity contribution >= 4 is 29.1 Å². The molecule has 0 radical (unpaired) electrons. The molecular formula is C22H21Cl2N3O. The molecule has 0 unspecified atom stereocenters. The standard InChI is InChI=1S/C22H21Cl2N3O/c23-17-11-9-16(10-12-17)21-19(15-20(28)26-13-5-2-6-14-26)22(24)27(25-21)18-7-3-1-4-8-18/h1,3-4,7-12H,2,5-6,13-15H2. The first-order valence-electron chi connectivity index (χ1n) is 9.50. The molecule has 0 saturated carbocycles. The van der Waals surface area contributed by atoms with Crippen LogP contribution in [0.5, 0.6) is 0 Å². The predicted molar refractivity (Wildman–Crippen MR) is 113 cm³/mol.